The molecule has 6 nitrogen and oxygen atoms in total. The molecular formula is C18H24IN3O3. The quantitative estimate of drug-likeness (QED) is 0.507. The molecule has 1 aromatic carbocycles. The highest BCUT2D eigenvalue weighted by atomic mass is 127. The number of nitrogens with zero attached hydrogens (tertiary/aromatic N) is 2. The second-order valence-electron chi connectivity index (χ2n) is 6.63. The summed E-state index contributed by atoms with van der Waals surface area (Å²) in [5.74, 6) is 0.816. The number of rotatable bonds is 7. The summed E-state index contributed by atoms with van der Waals surface area (Å²) in [4.78, 5) is 11.5. The number of ether oxygens (including phenoxy) is 2. The number of carbonyl (C=O) groups is 1. The molecule has 0 aliphatic carbocycles. The summed E-state index contributed by atoms with van der Waals surface area (Å²) in [6.45, 7) is 7.27. The molecule has 7 heteroatoms. The normalized spacial score (nSPS) is 11.2. The van der Waals surface area contributed by atoms with Crippen molar-refractivity contribution in [1.29, 1.82) is 0 Å². The van der Waals surface area contributed by atoms with Gasteiger partial charge in [-0.15, -0.1) is 0 Å². The van der Waals surface area contributed by atoms with Crippen molar-refractivity contribution in [1.82, 2.24) is 15.1 Å². The number of nitrogens with one attached hydrogen (secondary N) is 1. The highest BCUT2D eigenvalue weighted by molar-refractivity contribution is 14.1. The second-order valence-corrected chi connectivity index (χ2v) is 7.88. The highest BCUT2D eigenvalue weighted by Gasteiger charge is 2.15. The van der Waals surface area contributed by atoms with Crippen LogP contribution >= 0.6 is 22.6 Å². The molecule has 1 N–H and O–H groups in total. The molecule has 0 atom stereocenters. The number of hydrogen-bond acceptors (Lipinski definition) is 4. The lowest BCUT2D eigenvalue weighted by Crippen LogP contribution is -2.33. The molecule has 2 aromatic rings. The second kappa shape index (κ2) is 9.07. The van der Waals surface area contributed by atoms with Gasteiger partial charge in [0.15, 0.2) is 0 Å². The minimum atomic E-state index is -0.479. The van der Waals surface area contributed by atoms with E-state index in [2.05, 4.69) is 33.0 Å². The van der Waals surface area contributed by atoms with Crippen LogP contribution in [0.25, 0.3) is 0 Å². The van der Waals surface area contributed by atoms with Gasteiger partial charge in [0, 0.05) is 12.7 Å². The zero-order chi connectivity index (χ0) is 18.3. The summed E-state index contributed by atoms with van der Waals surface area (Å²) in [7, 11) is 0. The average molecular weight is 457 g/mol. The molecule has 0 saturated carbocycles. The summed E-state index contributed by atoms with van der Waals surface area (Å²) < 4.78 is 13.9. The number of alkyl carbamates (subject to hydrolysis) is 1. The standard InChI is InChI=1S/C18H24IN3O3/c1-18(2,3)25-17(23)20-8-5-9-24-16-7-4-6-14(10-16)12-22-13-15(19)11-21-22/h4,6-7,10-11,13H,5,8-9,12H2,1-3H3,(H,20,23). The van der Waals surface area contributed by atoms with Crippen LogP contribution in [0.4, 0.5) is 4.79 Å². The first-order valence-corrected chi connectivity index (χ1v) is 9.26. The average Bonchev–Trinajstić information content (AvgIpc) is 2.90. The van der Waals surface area contributed by atoms with Gasteiger partial charge >= 0.3 is 6.09 Å². The molecule has 0 radical (unpaired) electrons. The van der Waals surface area contributed by atoms with E-state index in [1.807, 2.05) is 62.1 Å². The van der Waals surface area contributed by atoms with Gasteiger partial charge in [0.05, 0.1) is 22.9 Å². The first-order chi connectivity index (χ1) is 11.8. The van der Waals surface area contributed by atoms with Gasteiger partial charge in [0.2, 0.25) is 0 Å². The van der Waals surface area contributed by atoms with E-state index < -0.39 is 11.7 Å². The van der Waals surface area contributed by atoms with Gasteiger partial charge < -0.3 is 14.8 Å². The maximum absolute atomic E-state index is 11.5. The van der Waals surface area contributed by atoms with E-state index in [1.54, 1.807) is 0 Å². The van der Waals surface area contributed by atoms with Crippen molar-refractivity contribution < 1.29 is 14.3 Å². The molecule has 0 fully saturated rings. The van der Waals surface area contributed by atoms with Crippen LogP contribution in [-0.2, 0) is 11.3 Å². The fraction of sp³-hybridized carbons (Fsp3) is 0.444. The Hall–Kier alpha value is -1.77. The SMILES string of the molecule is CC(C)(C)OC(=O)NCCCOc1cccc(Cn2cc(I)cn2)c1. The molecule has 1 amide bonds. The van der Waals surface area contributed by atoms with Crippen LogP contribution in [0.2, 0.25) is 0 Å². The molecule has 0 spiro atoms. The molecular weight excluding hydrogens is 433 g/mol. The summed E-state index contributed by atoms with van der Waals surface area (Å²) in [6, 6.07) is 7.96. The Morgan fingerprint density at radius 2 is 2.16 bits per heavy atom. The van der Waals surface area contributed by atoms with E-state index in [-0.39, 0.29) is 0 Å². The molecule has 0 saturated heterocycles. The number of carbonyl (C=O) groups excluding carboxylic acids is 1. The predicted octanol–water partition coefficient (Wildman–Crippen LogP) is 3.83. The third-order valence-electron chi connectivity index (χ3n) is 3.10. The predicted molar refractivity (Wildman–Crippen MR) is 105 cm³/mol. The van der Waals surface area contributed by atoms with Crippen LogP contribution in [0.3, 0.4) is 0 Å². The van der Waals surface area contributed by atoms with Crippen molar-refractivity contribution in [3.63, 3.8) is 0 Å². The van der Waals surface area contributed by atoms with Crippen molar-refractivity contribution in [2.75, 3.05) is 13.2 Å². The lowest BCUT2D eigenvalue weighted by Gasteiger charge is -2.19. The fourth-order valence-electron chi connectivity index (χ4n) is 2.11. The van der Waals surface area contributed by atoms with Crippen molar-refractivity contribution in [3.05, 3.63) is 45.8 Å². The Bertz CT molecular complexity index is 695. The summed E-state index contributed by atoms with van der Waals surface area (Å²) in [5, 5.41) is 7.00. The molecule has 0 unspecified atom stereocenters. The first-order valence-electron chi connectivity index (χ1n) is 8.18. The smallest absolute Gasteiger partial charge is 0.407 e. The Morgan fingerprint density at radius 3 is 2.84 bits per heavy atom. The van der Waals surface area contributed by atoms with E-state index in [4.69, 9.17) is 9.47 Å². The zero-order valence-corrected chi connectivity index (χ0v) is 16.9. The Labute approximate surface area is 162 Å². The minimum Gasteiger partial charge on any atom is -0.494 e. The van der Waals surface area contributed by atoms with Crippen LogP contribution < -0.4 is 10.1 Å². The molecule has 0 aliphatic heterocycles. The van der Waals surface area contributed by atoms with E-state index >= 15 is 0 Å². The number of amides is 1. The van der Waals surface area contributed by atoms with Gasteiger partial charge in [0.1, 0.15) is 11.4 Å². The van der Waals surface area contributed by atoms with Crippen molar-refractivity contribution >= 4 is 28.7 Å². The number of hydrogen-bond donors (Lipinski definition) is 1. The van der Waals surface area contributed by atoms with Gasteiger partial charge in [0.25, 0.3) is 0 Å². The third-order valence-corrected chi connectivity index (χ3v) is 3.66. The van der Waals surface area contributed by atoms with Crippen molar-refractivity contribution in [3.8, 4) is 5.75 Å². The van der Waals surface area contributed by atoms with Crippen LogP contribution in [0.5, 0.6) is 5.75 Å². The Balaban J connectivity index is 1.71. The highest BCUT2D eigenvalue weighted by Crippen LogP contribution is 2.15. The molecule has 1 heterocycles. The number of aromatic nitrogens is 2. The molecule has 0 bridgehead atoms. The number of halogens is 1. The van der Waals surface area contributed by atoms with E-state index in [9.17, 15) is 4.79 Å². The van der Waals surface area contributed by atoms with E-state index in [0.29, 0.717) is 26.1 Å². The molecule has 136 valence electrons. The zero-order valence-electron chi connectivity index (χ0n) is 14.8. The number of benzene rings is 1. The summed E-state index contributed by atoms with van der Waals surface area (Å²) in [5.41, 5.74) is 0.650. The Kier molecular flexibility index (Phi) is 7.10. The monoisotopic (exact) mass is 457 g/mol. The van der Waals surface area contributed by atoms with Crippen LogP contribution in [0, 0.1) is 3.57 Å². The van der Waals surface area contributed by atoms with Crippen LogP contribution in [0.1, 0.15) is 32.8 Å². The van der Waals surface area contributed by atoms with Crippen LogP contribution in [0.15, 0.2) is 36.7 Å². The van der Waals surface area contributed by atoms with Gasteiger partial charge in [-0.2, -0.15) is 5.10 Å². The molecule has 2 rings (SSSR count). The summed E-state index contributed by atoms with van der Waals surface area (Å²) >= 11 is 2.24. The van der Waals surface area contributed by atoms with Gasteiger partial charge in [-0.1, -0.05) is 12.1 Å². The largest absolute Gasteiger partial charge is 0.494 e. The lowest BCUT2D eigenvalue weighted by atomic mass is 10.2. The fourth-order valence-corrected chi connectivity index (χ4v) is 2.56. The molecule has 25 heavy (non-hydrogen) atoms. The topological polar surface area (TPSA) is 65.4 Å². The van der Waals surface area contributed by atoms with Gasteiger partial charge in [-0.25, -0.2) is 4.79 Å². The lowest BCUT2D eigenvalue weighted by molar-refractivity contribution is 0.0525. The van der Waals surface area contributed by atoms with E-state index in [1.165, 1.54) is 0 Å². The van der Waals surface area contributed by atoms with Gasteiger partial charge in [-0.05, 0) is 67.5 Å². The maximum Gasteiger partial charge on any atom is 0.407 e. The first kappa shape index (κ1) is 19.6. The Morgan fingerprint density at radius 1 is 1.36 bits per heavy atom. The molecule has 1 aromatic heterocycles. The minimum absolute atomic E-state index is 0.400. The molecule has 0 aliphatic rings. The summed E-state index contributed by atoms with van der Waals surface area (Å²) in [6.07, 6.45) is 4.14. The van der Waals surface area contributed by atoms with Crippen molar-refractivity contribution in [2.24, 2.45) is 0 Å². The van der Waals surface area contributed by atoms with Crippen molar-refractivity contribution in [2.45, 2.75) is 39.3 Å². The third kappa shape index (κ3) is 7.76. The van der Waals surface area contributed by atoms with Crippen LogP contribution in [-0.4, -0.2) is 34.6 Å². The maximum atomic E-state index is 11.5. The van der Waals surface area contributed by atoms with E-state index in [0.717, 1.165) is 14.9 Å². The van der Waals surface area contributed by atoms with Gasteiger partial charge in [-0.3, -0.25) is 4.68 Å².